The van der Waals surface area contributed by atoms with E-state index in [1.165, 1.54) is 17.5 Å². The van der Waals surface area contributed by atoms with Gasteiger partial charge in [-0.1, -0.05) is 26.8 Å². The Kier molecular flexibility index (Phi) is 4.28. The van der Waals surface area contributed by atoms with Gasteiger partial charge in [0.1, 0.15) is 0 Å². The topological polar surface area (TPSA) is 24.9 Å². The van der Waals surface area contributed by atoms with Crippen LogP contribution in [0.4, 0.5) is 0 Å². The zero-order valence-electron chi connectivity index (χ0n) is 10.3. The number of pyridine rings is 1. The minimum Gasteiger partial charge on any atom is -0.312 e. The molecular weight excluding hydrogens is 184 g/mol. The third-order valence-corrected chi connectivity index (χ3v) is 2.82. The van der Waals surface area contributed by atoms with Gasteiger partial charge in [-0.25, -0.2) is 0 Å². The molecule has 0 radical (unpaired) electrons. The molecule has 0 amide bonds. The van der Waals surface area contributed by atoms with Crippen LogP contribution in [-0.2, 0) is 6.54 Å². The minimum absolute atomic E-state index is 0.386. The first-order chi connectivity index (χ1) is 7.03. The Morgan fingerprint density at radius 1 is 1.33 bits per heavy atom. The van der Waals surface area contributed by atoms with Crippen molar-refractivity contribution >= 4 is 0 Å². The van der Waals surface area contributed by atoms with Gasteiger partial charge in [0.05, 0.1) is 0 Å². The molecule has 0 saturated carbocycles. The van der Waals surface area contributed by atoms with Gasteiger partial charge >= 0.3 is 0 Å². The Morgan fingerprint density at radius 3 is 2.67 bits per heavy atom. The van der Waals surface area contributed by atoms with Gasteiger partial charge in [0.25, 0.3) is 0 Å². The summed E-state index contributed by atoms with van der Waals surface area (Å²) in [4.78, 5) is 4.18. The second-order valence-corrected chi connectivity index (χ2v) is 4.99. The molecule has 0 aliphatic carbocycles. The quantitative estimate of drug-likeness (QED) is 0.801. The van der Waals surface area contributed by atoms with Crippen molar-refractivity contribution in [2.24, 2.45) is 5.41 Å². The van der Waals surface area contributed by atoms with Crippen LogP contribution in [-0.4, -0.2) is 11.5 Å². The van der Waals surface area contributed by atoms with Gasteiger partial charge in [-0.2, -0.15) is 0 Å². The Bertz CT molecular complexity index is 305. The van der Waals surface area contributed by atoms with Crippen LogP contribution >= 0.6 is 0 Å². The van der Waals surface area contributed by atoms with Crippen LogP contribution < -0.4 is 5.32 Å². The first-order valence-electron chi connectivity index (χ1n) is 5.65. The fourth-order valence-corrected chi connectivity index (χ4v) is 1.38. The summed E-state index contributed by atoms with van der Waals surface area (Å²) < 4.78 is 0. The Labute approximate surface area is 93.1 Å². The van der Waals surface area contributed by atoms with Crippen LogP contribution in [0.2, 0.25) is 0 Å². The maximum Gasteiger partial charge on any atom is 0.0313 e. The summed E-state index contributed by atoms with van der Waals surface area (Å²) in [6, 6.07) is 2.18. The summed E-state index contributed by atoms with van der Waals surface area (Å²) in [6.07, 6.45) is 5.02. The second-order valence-electron chi connectivity index (χ2n) is 4.99. The second kappa shape index (κ2) is 5.26. The van der Waals surface area contributed by atoms with Gasteiger partial charge in [-0.15, -0.1) is 0 Å². The lowest BCUT2D eigenvalue weighted by molar-refractivity contribution is 0.327. The molecule has 15 heavy (non-hydrogen) atoms. The molecule has 84 valence electrons. The number of rotatable bonds is 5. The standard InChI is InChI=1S/C13H22N2/c1-5-13(3,4)10-15-9-12-6-11(2)7-14-8-12/h6-8,15H,5,9-10H2,1-4H3. The van der Waals surface area contributed by atoms with E-state index in [2.05, 4.69) is 44.1 Å². The van der Waals surface area contributed by atoms with E-state index in [4.69, 9.17) is 0 Å². The molecule has 0 bridgehead atoms. The van der Waals surface area contributed by atoms with Gasteiger partial charge < -0.3 is 5.32 Å². The number of nitrogens with zero attached hydrogens (tertiary/aromatic N) is 1. The van der Waals surface area contributed by atoms with Gasteiger partial charge in [0.15, 0.2) is 0 Å². The van der Waals surface area contributed by atoms with E-state index in [0.717, 1.165) is 13.1 Å². The SMILES string of the molecule is CCC(C)(C)CNCc1cncc(C)c1. The fourth-order valence-electron chi connectivity index (χ4n) is 1.38. The molecule has 0 aliphatic rings. The van der Waals surface area contributed by atoms with E-state index in [9.17, 15) is 0 Å². The highest BCUT2D eigenvalue weighted by molar-refractivity contribution is 5.16. The van der Waals surface area contributed by atoms with E-state index in [-0.39, 0.29) is 0 Å². The van der Waals surface area contributed by atoms with Gasteiger partial charge in [0, 0.05) is 25.5 Å². The first-order valence-corrected chi connectivity index (χ1v) is 5.65. The maximum atomic E-state index is 4.18. The average Bonchev–Trinajstić information content (AvgIpc) is 2.18. The summed E-state index contributed by atoms with van der Waals surface area (Å²) in [5.41, 5.74) is 2.88. The van der Waals surface area contributed by atoms with Crippen molar-refractivity contribution in [3.63, 3.8) is 0 Å². The molecule has 0 aliphatic heterocycles. The molecule has 1 rings (SSSR count). The highest BCUT2D eigenvalue weighted by Gasteiger charge is 2.13. The third-order valence-electron chi connectivity index (χ3n) is 2.82. The van der Waals surface area contributed by atoms with E-state index in [0.29, 0.717) is 5.41 Å². The number of hydrogen-bond donors (Lipinski definition) is 1. The molecule has 1 aromatic rings. The van der Waals surface area contributed by atoms with Crippen molar-refractivity contribution in [2.45, 2.75) is 40.7 Å². The van der Waals surface area contributed by atoms with Crippen LogP contribution in [0.5, 0.6) is 0 Å². The molecule has 0 aromatic carbocycles. The lowest BCUT2D eigenvalue weighted by Gasteiger charge is -2.22. The lowest BCUT2D eigenvalue weighted by atomic mass is 9.90. The molecule has 2 heteroatoms. The van der Waals surface area contributed by atoms with Crippen LogP contribution in [0.1, 0.15) is 38.3 Å². The van der Waals surface area contributed by atoms with Crippen molar-refractivity contribution in [1.82, 2.24) is 10.3 Å². The van der Waals surface area contributed by atoms with Gasteiger partial charge in [-0.3, -0.25) is 4.98 Å². The average molecular weight is 206 g/mol. The van der Waals surface area contributed by atoms with Crippen molar-refractivity contribution in [2.75, 3.05) is 6.54 Å². The van der Waals surface area contributed by atoms with Crippen molar-refractivity contribution in [1.29, 1.82) is 0 Å². The largest absolute Gasteiger partial charge is 0.312 e. The minimum atomic E-state index is 0.386. The van der Waals surface area contributed by atoms with Crippen LogP contribution in [0.3, 0.4) is 0 Å². The highest BCUT2D eigenvalue weighted by atomic mass is 14.9. The molecule has 0 atom stereocenters. The zero-order chi connectivity index (χ0) is 11.3. The van der Waals surface area contributed by atoms with E-state index < -0.39 is 0 Å². The fraction of sp³-hybridized carbons (Fsp3) is 0.615. The van der Waals surface area contributed by atoms with Crippen molar-refractivity contribution in [3.05, 3.63) is 29.6 Å². The summed E-state index contributed by atoms with van der Waals surface area (Å²) in [5.74, 6) is 0. The zero-order valence-corrected chi connectivity index (χ0v) is 10.3. The Morgan fingerprint density at radius 2 is 2.07 bits per heavy atom. The maximum absolute atomic E-state index is 4.18. The Hall–Kier alpha value is -0.890. The summed E-state index contributed by atoms with van der Waals surface area (Å²) in [7, 11) is 0. The lowest BCUT2D eigenvalue weighted by Crippen LogP contribution is -2.28. The van der Waals surface area contributed by atoms with E-state index in [1.54, 1.807) is 0 Å². The summed E-state index contributed by atoms with van der Waals surface area (Å²) >= 11 is 0. The molecule has 1 heterocycles. The predicted octanol–water partition coefficient (Wildman–Crippen LogP) is 2.92. The van der Waals surface area contributed by atoms with Crippen LogP contribution in [0.15, 0.2) is 18.5 Å². The summed E-state index contributed by atoms with van der Waals surface area (Å²) in [6.45, 7) is 10.8. The highest BCUT2D eigenvalue weighted by Crippen LogP contribution is 2.17. The molecule has 0 saturated heterocycles. The van der Waals surface area contributed by atoms with Crippen molar-refractivity contribution in [3.8, 4) is 0 Å². The smallest absolute Gasteiger partial charge is 0.0313 e. The first kappa shape index (κ1) is 12.2. The number of nitrogens with one attached hydrogen (secondary N) is 1. The van der Waals surface area contributed by atoms with Crippen LogP contribution in [0, 0.1) is 12.3 Å². The normalized spacial score (nSPS) is 11.7. The predicted molar refractivity (Wildman–Crippen MR) is 64.8 cm³/mol. The molecule has 1 N–H and O–H groups in total. The molecular formula is C13H22N2. The van der Waals surface area contributed by atoms with Crippen LogP contribution in [0.25, 0.3) is 0 Å². The number of aryl methyl sites for hydroxylation is 1. The third kappa shape index (κ3) is 4.43. The van der Waals surface area contributed by atoms with Gasteiger partial charge in [0.2, 0.25) is 0 Å². The van der Waals surface area contributed by atoms with Gasteiger partial charge in [-0.05, 0) is 29.9 Å². The number of hydrogen-bond acceptors (Lipinski definition) is 2. The number of aromatic nitrogens is 1. The summed E-state index contributed by atoms with van der Waals surface area (Å²) in [5, 5.41) is 3.48. The monoisotopic (exact) mass is 206 g/mol. The molecule has 1 aromatic heterocycles. The van der Waals surface area contributed by atoms with Crippen molar-refractivity contribution < 1.29 is 0 Å². The molecule has 0 fully saturated rings. The molecule has 0 spiro atoms. The molecule has 2 nitrogen and oxygen atoms in total. The molecule has 0 unspecified atom stereocenters. The Balaban J connectivity index is 2.38. The van der Waals surface area contributed by atoms with E-state index >= 15 is 0 Å². The van der Waals surface area contributed by atoms with E-state index in [1.807, 2.05) is 12.4 Å².